The molecule has 0 aliphatic carbocycles. The summed E-state index contributed by atoms with van der Waals surface area (Å²) in [7, 11) is 1.86. The summed E-state index contributed by atoms with van der Waals surface area (Å²) in [5.74, 6) is 2.10. The molecule has 1 amide bonds. The molecule has 1 aliphatic rings. The van der Waals surface area contributed by atoms with Crippen LogP contribution in [0.5, 0.6) is 0 Å². The lowest BCUT2D eigenvalue weighted by molar-refractivity contribution is 0.0933. The number of hydrogen-bond donors (Lipinski definition) is 1. The second-order valence-electron chi connectivity index (χ2n) is 7.98. The number of hydrogen-bond acceptors (Lipinski definition) is 6. The van der Waals surface area contributed by atoms with E-state index in [9.17, 15) is 4.79 Å². The Hall–Kier alpha value is -2.74. The van der Waals surface area contributed by atoms with Crippen LogP contribution in [-0.4, -0.2) is 50.2 Å². The number of carbonyl (C=O) groups is 1. The van der Waals surface area contributed by atoms with Crippen molar-refractivity contribution >= 4 is 16.9 Å². The van der Waals surface area contributed by atoms with Crippen LogP contribution in [0.2, 0.25) is 0 Å². The minimum absolute atomic E-state index is 0.0733. The molecule has 0 radical (unpaired) electrons. The standard InChI is InChI=1S/C21H28N6O2/c1-13-15(3)29-19(24-13)12-27-7-5-16(6-8-27)10-23-21(28)17-9-18-14(2)25-26(4)20(18)22-11-17/h9,11,16H,5-8,10,12H2,1-4H3,(H,23,28). The summed E-state index contributed by atoms with van der Waals surface area (Å²) in [5.41, 5.74) is 3.23. The highest BCUT2D eigenvalue weighted by molar-refractivity contribution is 5.97. The third-order valence-electron chi connectivity index (χ3n) is 5.82. The van der Waals surface area contributed by atoms with Crippen LogP contribution in [0.1, 0.15) is 46.2 Å². The van der Waals surface area contributed by atoms with Crippen LogP contribution in [0, 0.1) is 26.7 Å². The van der Waals surface area contributed by atoms with Gasteiger partial charge >= 0.3 is 0 Å². The van der Waals surface area contributed by atoms with Crippen LogP contribution >= 0.6 is 0 Å². The van der Waals surface area contributed by atoms with Crippen molar-refractivity contribution in [3.63, 3.8) is 0 Å². The zero-order valence-electron chi connectivity index (χ0n) is 17.5. The van der Waals surface area contributed by atoms with Crippen LogP contribution < -0.4 is 5.32 Å². The van der Waals surface area contributed by atoms with Gasteiger partial charge in [0.25, 0.3) is 5.91 Å². The van der Waals surface area contributed by atoms with E-state index in [1.165, 1.54) is 0 Å². The van der Waals surface area contributed by atoms with Crippen molar-refractivity contribution in [2.45, 2.75) is 40.2 Å². The average molecular weight is 396 g/mol. The van der Waals surface area contributed by atoms with E-state index in [1.807, 2.05) is 33.9 Å². The summed E-state index contributed by atoms with van der Waals surface area (Å²) in [6, 6.07) is 1.88. The van der Waals surface area contributed by atoms with E-state index in [0.717, 1.165) is 66.5 Å². The molecular formula is C21H28N6O2. The van der Waals surface area contributed by atoms with Gasteiger partial charge in [-0.25, -0.2) is 9.97 Å². The lowest BCUT2D eigenvalue weighted by Crippen LogP contribution is -2.38. The molecule has 0 atom stereocenters. The Morgan fingerprint density at radius 3 is 2.69 bits per heavy atom. The second kappa shape index (κ2) is 7.94. The molecule has 8 nitrogen and oxygen atoms in total. The van der Waals surface area contributed by atoms with E-state index in [2.05, 4.69) is 25.3 Å². The molecule has 154 valence electrons. The maximum absolute atomic E-state index is 12.6. The number of rotatable bonds is 5. The lowest BCUT2D eigenvalue weighted by Gasteiger charge is -2.31. The van der Waals surface area contributed by atoms with E-state index in [-0.39, 0.29) is 5.91 Å². The van der Waals surface area contributed by atoms with Crippen LogP contribution in [0.25, 0.3) is 11.0 Å². The van der Waals surface area contributed by atoms with Crippen molar-refractivity contribution in [3.8, 4) is 0 Å². The molecule has 4 rings (SSSR count). The highest BCUT2D eigenvalue weighted by Crippen LogP contribution is 2.20. The number of amides is 1. The molecule has 3 aromatic rings. The molecule has 8 heteroatoms. The Bertz CT molecular complexity index is 1010. The lowest BCUT2D eigenvalue weighted by atomic mass is 9.96. The molecule has 4 heterocycles. The summed E-state index contributed by atoms with van der Waals surface area (Å²) in [6.45, 7) is 9.27. The van der Waals surface area contributed by atoms with Crippen molar-refractivity contribution in [2.75, 3.05) is 19.6 Å². The number of aryl methyl sites for hydroxylation is 4. The molecule has 1 saturated heterocycles. The first kappa shape index (κ1) is 19.6. The topological polar surface area (TPSA) is 89.1 Å². The maximum atomic E-state index is 12.6. The smallest absolute Gasteiger partial charge is 0.252 e. The molecule has 3 aromatic heterocycles. The summed E-state index contributed by atoms with van der Waals surface area (Å²) in [4.78, 5) is 23.8. The monoisotopic (exact) mass is 396 g/mol. The zero-order chi connectivity index (χ0) is 20.5. The third-order valence-corrected chi connectivity index (χ3v) is 5.82. The van der Waals surface area contributed by atoms with Gasteiger partial charge in [-0.15, -0.1) is 0 Å². The van der Waals surface area contributed by atoms with Gasteiger partial charge in [-0.2, -0.15) is 5.10 Å². The Balaban J connectivity index is 1.28. The predicted octanol–water partition coefficient (Wildman–Crippen LogP) is 2.52. The first-order valence-electron chi connectivity index (χ1n) is 10.1. The molecule has 0 aromatic carbocycles. The summed E-state index contributed by atoms with van der Waals surface area (Å²) in [6.07, 6.45) is 3.73. The number of nitrogens with zero attached hydrogens (tertiary/aromatic N) is 5. The number of aromatic nitrogens is 4. The summed E-state index contributed by atoms with van der Waals surface area (Å²) in [5, 5.41) is 8.36. The molecule has 0 saturated carbocycles. The molecule has 0 bridgehead atoms. The van der Waals surface area contributed by atoms with E-state index >= 15 is 0 Å². The van der Waals surface area contributed by atoms with E-state index in [4.69, 9.17) is 4.42 Å². The zero-order valence-corrected chi connectivity index (χ0v) is 17.5. The van der Waals surface area contributed by atoms with Crippen molar-refractivity contribution in [3.05, 3.63) is 40.9 Å². The van der Waals surface area contributed by atoms with Crippen LogP contribution in [-0.2, 0) is 13.6 Å². The Kier molecular flexibility index (Phi) is 5.36. The number of pyridine rings is 1. The third kappa shape index (κ3) is 4.17. The van der Waals surface area contributed by atoms with Gasteiger partial charge in [-0.05, 0) is 58.7 Å². The molecule has 0 spiro atoms. The number of fused-ring (bicyclic) bond motifs is 1. The summed E-state index contributed by atoms with van der Waals surface area (Å²) < 4.78 is 7.43. The molecule has 29 heavy (non-hydrogen) atoms. The van der Waals surface area contributed by atoms with Crippen molar-refractivity contribution < 1.29 is 9.21 Å². The normalized spacial score (nSPS) is 15.9. The number of likely N-dealkylation sites (tertiary alicyclic amines) is 1. The minimum Gasteiger partial charge on any atom is -0.444 e. The van der Waals surface area contributed by atoms with E-state index < -0.39 is 0 Å². The highest BCUT2D eigenvalue weighted by Gasteiger charge is 2.22. The SMILES string of the molecule is Cc1nc(CN2CCC(CNC(=O)c3cnc4c(c3)c(C)nn4C)CC2)oc1C. The van der Waals surface area contributed by atoms with Gasteiger partial charge in [-0.1, -0.05) is 0 Å². The minimum atomic E-state index is -0.0733. The fourth-order valence-electron chi connectivity index (χ4n) is 3.92. The van der Waals surface area contributed by atoms with Crippen molar-refractivity contribution in [1.82, 2.24) is 30.0 Å². The first-order valence-corrected chi connectivity index (χ1v) is 10.1. The summed E-state index contributed by atoms with van der Waals surface area (Å²) >= 11 is 0. The molecule has 1 N–H and O–H groups in total. The Morgan fingerprint density at radius 2 is 2.00 bits per heavy atom. The molecule has 1 fully saturated rings. The van der Waals surface area contributed by atoms with Crippen LogP contribution in [0.15, 0.2) is 16.7 Å². The predicted molar refractivity (Wildman–Crippen MR) is 110 cm³/mol. The fourth-order valence-corrected chi connectivity index (χ4v) is 3.92. The maximum Gasteiger partial charge on any atom is 0.252 e. The van der Waals surface area contributed by atoms with Crippen LogP contribution in [0.4, 0.5) is 0 Å². The van der Waals surface area contributed by atoms with E-state index in [1.54, 1.807) is 10.9 Å². The number of nitrogens with one attached hydrogen (secondary N) is 1. The van der Waals surface area contributed by atoms with Gasteiger partial charge < -0.3 is 9.73 Å². The van der Waals surface area contributed by atoms with Crippen LogP contribution in [0.3, 0.4) is 0 Å². The fraction of sp³-hybridized carbons (Fsp3) is 0.524. The van der Waals surface area contributed by atoms with Crippen molar-refractivity contribution in [2.24, 2.45) is 13.0 Å². The highest BCUT2D eigenvalue weighted by atomic mass is 16.4. The van der Waals surface area contributed by atoms with Gasteiger partial charge in [-0.3, -0.25) is 14.4 Å². The molecular weight excluding hydrogens is 368 g/mol. The quantitative estimate of drug-likeness (QED) is 0.713. The van der Waals surface area contributed by atoms with E-state index in [0.29, 0.717) is 18.0 Å². The number of piperidine rings is 1. The number of oxazole rings is 1. The first-order chi connectivity index (χ1) is 13.9. The Labute approximate surface area is 170 Å². The largest absolute Gasteiger partial charge is 0.444 e. The second-order valence-corrected chi connectivity index (χ2v) is 7.98. The van der Waals surface area contributed by atoms with Gasteiger partial charge in [0, 0.05) is 25.2 Å². The van der Waals surface area contributed by atoms with Gasteiger partial charge in [0.15, 0.2) is 5.65 Å². The number of carbonyl (C=O) groups excluding carboxylic acids is 1. The average Bonchev–Trinajstić information content (AvgIpc) is 3.18. The molecule has 1 aliphatic heterocycles. The van der Waals surface area contributed by atoms with Crippen molar-refractivity contribution in [1.29, 1.82) is 0 Å². The Morgan fingerprint density at radius 1 is 1.24 bits per heavy atom. The van der Waals surface area contributed by atoms with Gasteiger partial charge in [0.2, 0.25) is 5.89 Å². The van der Waals surface area contributed by atoms with Gasteiger partial charge in [0.1, 0.15) is 5.76 Å². The molecule has 0 unspecified atom stereocenters. The van der Waals surface area contributed by atoms with Gasteiger partial charge in [0.05, 0.1) is 23.5 Å².